The van der Waals surface area contributed by atoms with Crippen LogP contribution in [0.5, 0.6) is 0 Å². The first-order valence-electron chi connectivity index (χ1n) is 8.21. The molecule has 24 heavy (non-hydrogen) atoms. The Kier molecular flexibility index (Phi) is 3.68. The predicted molar refractivity (Wildman–Crippen MR) is 90.1 cm³/mol. The first-order valence-corrected chi connectivity index (χ1v) is 10.0. The lowest BCUT2D eigenvalue weighted by Gasteiger charge is -2.10. The normalized spacial score (nSPS) is 21.6. The molecule has 0 radical (unpaired) electrons. The summed E-state index contributed by atoms with van der Waals surface area (Å²) in [5.41, 5.74) is 3.47. The number of carbonyl (C=O) groups is 1. The van der Waals surface area contributed by atoms with Gasteiger partial charge in [-0.15, -0.1) is 0 Å². The number of sulfone groups is 1. The van der Waals surface area contributed by atoms with Gasteiger partial charge in [0.05, 0.1) is 17.2 Å². The minimum absolute atomic E-state index is 0.0281. The number of hydrogen-bond donors (Lipinski definition) is 1. The minimum Gasteiger partial charge on any atom is -0.347 e. The van der Waals surface area contributed by atoms with Crippen molar-refractivity contribution in [3.8, 4) is 5.69 Å². The minimum atomic E-state index is -3.01. The van der Waals surface area contributed by atoms with Gasteiger partial charge in [0.2, 0.25) is 0 Å². The van der Waals surface area contributed by atoms with E-state index in [0.717, 1.165) is 36.2 Å². The number of aromatic nitrogens is 2. The average molecular weight is 345 g/mol. The molecule has 6 nitrogen and oxygen atoms in total. The van der Waals surface area contributed by atoms with Crippen molar-refractivity contribution in [2.75, 3.05) is 11.5 Å². The number of para-hydroxylation sites is 1. The van der Waals surface area contributed by atoms with E-state index < -0.39 is 9.84 Å². The summed E-state index contributed by atoms with van der Waals surface area (Å²) >= 11 is 0. The van der Waals surface area contributed by atoms with Gasteiger partial charge >= 0.3 is 0 Å². The Morgan fingerprint density at radius 3 is 2.71 bits per heavy atom. The molecule has 0 spiro atoms. The molecule has 7 heteroatoms. The number of nitrogens with zero attached hydrogens (tertiary/aromatic N) is 2. The zero-order chi connectivity index (χ0) is 16.7. The topological polar surface area (TPSA) is 81.1 Å². The van der Waals surface area contributed by atoms with Gasteiger partial charge < -0.3 is 5.32 Å². The Morgan fingerprint density at radius 2 is 2.00 bits per heavy atom. The van der Waals surface area contributed by atoms with E-state index in [1.54, 1.807) is 0 Å². The van der Waals surface area contributed by atoms with Crippen molar-refractivity contribution >= 4 is 15.7 Å². The maximum Gasteiger partial charge on any atom is 0.272 e. The number of fused-ring (bicyclic) bond motifs is 1. The smallest absolute Gasteiger partial charge is 0.272 e. The third-order valence-corrected chi connectivity index (χ3v) is 6.48. The summed E-state index contributed by atoms with van der Waals surface area (Å²) < 4.78 is 25.0. The lowest BCUT2D eigenvalue weighted by atomic mass is 10.1. The van der Waals surface area contributed by atoms with Crippen molar-refractivity contribution in [3.63, 3.8) is 0 Å². The molecule has 1 amide bonds. The lowest BCUT2D eigenvalue weighted by molar-refractivity contribution is 0.0934. The standard InChI is InChI=1S/C17H19N3O3S/c21-17(18-12-9-10-24(22,23)11-12)16-14-7-4-8-15(14)20(19-16)13-5-2-1-3-6-13/h1-3,5-6,12H,4,7-11H2,(H,18,21)/t12-/m1/s1. The molecule has 1 aromatic carbocycles. The van der Waals surface area contributed by atoms with Crippen LogP contribution in [0.3, 0.4) is 0 Å². The van der Waals surface area contributed by atoms with Crippen molar-refractivity contribution in [1.29, 1.82) is 0 Å². The first-order chi connectivity index (χ1) is 11.5. The molecule has 2 heterocycles. The van der Waals surface area contributed by atoms with E-state index in [2.05, 4.69) is 10.4 Å². The maximum atomic E-state index is 12.6. The van der Waals surface area contributed by atoms with Crippen LogP contribution in [0.15, 0.2) is 30.3 Å². The second-order valence-corrected chi connectivity index (χ2v) is 8.68. The number of hydrogen-bond acceptors (Lipinski definition) is 4. The van der Waals surface area contributed by atoms with Crippen LogP contribution < -0.4 is 5.32 Å². The van der Waals surface area contributed by atoms with E-state index in [1.807, 2.05) is 35.0 Å². The van der Waals surface area contributed by atoms with Gasteiger partial charge in [-0.3, -0.25) is 4.79 Å². The zero-order valence-electron chi connectivity index (χ0n) is 13.2. The van der Waals surface area contributed by atoms with E-state index in [1.165, 1.54) is 0 Å². The van der Waals surface area contributed by atoms with E-state index in [4.69, 9.17) is 0 Å². The summed E-state index contributed by atoms with van der Waals surface area (Å²) in [5, 5.41) is 7.39. The van der Waals surface area contributed by atoms with Gasteiger partial charge in [-0.25, -0.2) is 13.1 Å². The van der Waals surface area contributed by atoms with Gasteiger partial charge in [-0.2, -0.15) is 5.10 Å². The highest BCUT2D eigenvalue weighted by Gasteiger charge is 2.32. The van der Waals surface area contributed by atoms with Crippen LogP contribution in [0.25, 0.3) is 5.69 Å². The van der Waals surface area contributed by atoms with E-state index in [-0.39, 0.29) is 23.5 Å². The van der Waals surface area contributed by atoms with Crippen LogP contribution in [0.4, 0.5) is 0 Å². The second kappa shape index (κ2) is 5.73. The summed E-state index contributed by atoms with van der Waals surface area (Å²) in [6, 6.07) is 9.47. The highest BCUT2D eigenvalue weighted by Crippen LogP contribution is 2.28. The third kappa shape index (κ3) is 2.73. The number of amides is 1. The van der Waals surface area contributed by atoms with Gasteiger partial charge in [-0.05, 0) is 37.8 Å². The van der Waals surface area contributed by atoms with Crippen molar-refractivity contribution in [2.45, 2.75) is 31.7 Å². The summed E-state index contributed by atoms with van der Waals surface area (Å²) in [6.45, 7) is 0. The molecule has 1 N–H and O–H groups in total. The fourth-order valence-electron chi connectivity index (χ4n) is 3.57. The Hall–Kier alpha value is -2.15. The molecule has 0 bridgehead atoms. The third-order valence-electron chi connectivity index (χ3n) is 4.71. The average Bonchev–Trinajstić information content (AvgIpc) is 3.23. The Morgan fingerprint density at radius 1 is 1.21 bits per heavy atom. The molecular weight excluding hydrogens is 326 g/mol. The molecule has 4 rings (SSSR count). The molecule has 0 unspecified atom stereocenters. The number of carbonyl (C=O) groups excluding carboxylic acids is 1. The number of benzene rings is 1. The molecule has 0 saturated carbocycles. The van der Waals surface area contributed by atoms with Crippen molar-refractivity contribution in [2.24, 2.45) is 0 Å². The van der Waals surface area contributed by atoms with Gasteiger partial charge in [0.25, 0.3) is 5.91 Å². The van der Waals surface area contributed by atoms with Crippen LogP contribution in [0.1, 0.15) is 34.6 Å². The van der Waals surface area contributed by atoms with Crippen LogP contribution in [0, 0.1) is 0 Å². The molecule has 1 aliphatic carbocycles. The Labute approximate surface area is 140 Å². The van der Waals surface area contributed by atoms with Crippen molar-refractivity contribution in [1.82, 2.24) is 15.1 Å². The number of nitrogens with one attached hydrogen (secondary N) is 1. The first kappa shape index (κ1) is 15.4. The molecule has 1 fully saturated rings. The molecule has 126 valence electrons. The summed E-state index contributed by atoms with van der Waals surface area (Å²) in [6.07, 6.45) is 3.24. The van der Waals surface area contributed by atoms with Crippen molar-refractivity contribution in [3.05, 3.63) is 47.3 Å². The molecule has 1 aromatic heterocycles. The SMILES string of the molecule is O=C(N[C@@H]1CCS(=O)(=O)C1)c1nn(-c2ccccc2)c2c1CCC2. The quantitative estimate of drug-likeness (QED) is 0.909. The van der Waals surface area contributed by atoms with E-state index in [9.17, 15) is 13.2 Å². The lowest BCUT2D eigenvalue weighted by Crippen LogP contribution is -2.36. The second-order valence-electron chi connectivity index (χ2n) is 6.45. The highest BCUT2D eigenvalue weighted by molar-refractivity contribution is 7.91. The van der Waals surface area contributed by atoms with Crippen molar-refractivity contribution < 1.29 is 13.2 Å². The largest absolute Gasteiger partial charge is 0.347 e. The summed E-state index contributed by atoms with van der Waals surface area (Å²) in [5.74, 6) is -0.0839. The Balaban J connectivity index is 1.63. The summed E-state index contributed by atoms with van der Waals surface area (Å²) in [7, 11) is -3.01. The molecule has 2 aliphatic rings. The molecule has 2 aromatic rings. The monoisotopic (exact) mass is 345 g/mol. The summed E-state index contributed by atoms with van der Waals surface area (Å²) in [4.78, 5) is 12.6. The molecule has 1 atom stereocenters. The van der Waals surface area contributed by atoms with Gasteiger partial charge in [-0.1, -0.05) is 18.2 Å². The van der Waals surface area contributed by atoms with Gasteiger partial charge in [0, 0.05) is 17.3 Å². The predicted octanol–water partition coefficient (Wildman–Crippen LogP) is 1.28. The van der Waals surface area contributed by atoms with Gasteiger partial charge in [0.1, 0.15) is 0 Å². The van der Waals surface area contributed by atoms with Gasteiger partial charge in [0.15, 0.2) is 15.5 Å². The molecular formula is C17H19N3O3S. The zero-order valence-corrected chi connectivity index (χ0v) is 14.1. The fraction of sp³-hybridized carbons (Fsp3) is 0.412. The maximum absolute atomic E-state index is 12.6. The Bertz CT molecular complexity index is 887. The van der Waals surface area contributed by atoms with E-state index in [0.29, 0.717) is 12.1 Å². The van der Waals surface area contributed by atoms with Crippen LogP contribution in [-0.2, 0) is 22.7 Å². The molecule has 1 saturated heterocycles. The van der Waals surface area contributed by atoms with Crippen LogP contribution in [-0.4, -0.2) is 41.7 Å². The van der Waals surface area contributed by atoms with Crippen LogP contribution >= 0.6 is 0 Å². The fourth-order valence-corrected chi connectivity index (χ4v) is 5.24. The van der Waals surface area contributed by atoms with E-state index >= 15 is 0 Å². The highest BCUT2D eigenvalue weighted by atomic mass is 32.2. The van der Waals surface area contributed by atoms with Crippen LogP contribution in [0.2, 0.25) is 0 Å². The number of rotatable bonds is 3. The molecule has 1 aliphatic heterocycles.